The van der Waals surface area contributed by atoms with Gasteiger partial charge in [-0.05, 0) is 0 Å². The molecule has 2 aliphatic rings. The van der Waals surface area contributed by atoms with Gasteiger partial charge in [-0.3, -0.25) is 19.2 Å². The molecule has 0 saturated carbocycles. The molecule has 0 unspecified atom stereocenters. The monoisotopic (exact) mass is 522 g/mol. The molecule has 2 N–H and O–H groups in total. The predicted molar refractivity (Wildman–Crippen MR) is 112 cm³/mol. The molecule has 204 valence electrons. The molecule has 0 aromatic heterocycles. The predicted octanol–water partition coefficient (Wildman–Crippen LogP) is -2.76. The third kappa shape index (κ3) is 12.6. The molecule has 2 aliphatic heterocycles. The molecule has 2 rings (SSSR count). The topological polar surface area (TPSA) is 205 Å². The lowest BCUT2D eigenvalue weighted by molar-refractivity contribution is -0.200. The zero-order valence-electron chi connectivity index (χ0n) is 19.6. The van der Waals surface area contributed by atoms with Crippen LogP contribution in [-0.4, -0.2) is 122 Å². The van der Waals surface area contributed by atoms with Gasteiger partial charge in [0, 0.05) is 25.7 Å². The van der Waals surface area contributed by atoms with Crippen molar-refractivity contribution in [3.8, 4) is 0 Å². The summed E-state index contributed by atoms with van der Waals surface area (Å²) in [6, 6.07) is 0. The van der Waals surface area contributed by atoms with Gasteiger partial charge in [-0.2, -0.15) is 0 Å². The molecule has 2 saturated heterocycles. The Labute approximate surface area is 205 Å². The minimum Gasteiger partial charge on any atom is -0.394 e. The summed E-state index contributed by atoms with van der Waals surface area (Å²) in [5.74, 6) is -3.75. The summed E-state index contributed by atoms with van der Waals surface area (Å²) in [6.45, 7) is 0.246. The lowest BCUT2D eigenvalue weighted by Crippen LogP contribution is -2.33. The van der Waals surface area contributed by atoms with Crippen molar-refractivity contribution >= 4 is 35.6 Å². The van der Waals surface area contributed by atoms with E-state index >= 15 is 0 Å². The van der Waals surface area contributed by atoms with Crippen molar-refractivity contribution in [2.45, 2.75) is 25.7 Å². The molecule has 36 heavy (non-hydrogen) atoms. The normalized spacial score (nSPS) is 15.3. The van der Waals surface area contributed by atoms with Crippen molar-refractivity contribution in [1.29, 1.82) is 0 Å². The van der Waals surface area contributed by atoms with Crippen molar-refractivity contribution in [3.05, 3.63) is 0 Å². The first-order chi connectivity index (χ1) is 17.3. The largest absolute Gasteiger partial charge is 0.394 e. The van der Waals surface area contributed by atoms with Gasteiger partial charge in [0.2, 0.25) is 0 Å². The maximum atomic E-state index is 11.2. The Morgan fingerprint density at radius 2 is 0.861 bits per heavy atom. The van der Waals surface area contributed by atoms with E-state index in [0.717, 1.165) is 0 Å². The van der Waals surface area contributed by atoms with Gasteiger partial charge in [0.25, 0.3) is 23.6 Å². The first-order valence-electron chi connectivity index (χ1n) is 11.0. The summed E-state index contributed by atoms with van der Waals surface area (Å²) in [4.78, 5) is 76.0. The number of aliphatic hydroxyl groups excluding tert-OH is 2. The average molecular weight is 522 g/mol. The highest BCUT2D eigenvalue weighted by atomic mass is 16.7. The highest BCUT2D eigenvalue weighted by Gasteiger charge is 2.33. The van der Waals surface area contributed by atoms with Crippen LogP contribution in [-0.2, 0) is 57.4 Å². The van der Waals surface area contributed by atoms with E-state index in [1.807, 2.05) is 0 Å². The quantitative estimate of drug-likeness (QED) is 0.156. The van der Waals surface area contributed by atoms with E-state index < -0.39 is 35.6 Å². The van der Waals surface area contributed by atoms with E-state index in [1.165, 1.54) is 0 Å². The van der Waals surface area contributed by atoms with E-state index in [-0.39, 0.29) is 91.8 Å². The molecule has 0 atom stereocenters. The molecule has 2 fully saturated rings. The molecule has 16 nitrogen and oxygen atoms in total. The van der Waals surface area contributed by atoms with Gasteiger partial charge in [-0.25, -0.2) is 9.59 Å². The van der Waals surface area contributed by atoms with Crippen molar-refractivity contribution in [3.63, 3.8) is 0 Å². The second kappa shape index (κ2) is 18.3. The first-order valence-corrected chi connectivity index (χ1v) is 11.0. The van der Waals surface area contributed by atoms with Crippen LogP contribution in [0.3, 0.4) is 0 Å². The number of ether oxygens (including phenoxy) is 4. The zero-order chi connectivity index (χ0) is 26.8. The van der Waals surface area contributed by atoms with Crippen LogP contribution in [0.4, 0.5) is 0 Å². The van der Waals surface area contributed by atoms with Crippen LogP contribution in [0.25, 0.3) is 0 Å². The molecule has 2 heterocycles. The van der Waals surface area contributed by atoms with Crippen LogP contribution in [0.2, 0.25) is 0 Å². The third-order valence-corrected chi connectivity index (χ3v) is 4.05. The third-order valence-electron chi connectivity index (χ3n) is 4.05. The summed E-state index contributed by atoms with van der Waals surface area (Å²) in [6.07, 6.45) is 0.230. The van der Waals surface area contributed by atoms with E-state index in [2.05, 4.69) is 9.68 Å². The lowest BCUT2D eigenvalue weighted by atomic mass is 10.4. The Morgan fingerprint density at radius 1 is 0.556 bits per heavy atom. The summed E-state index contributed by atoms with van der Waals surface area (Å²) in [7, 11) is 0. The Balaban J connectivity index is 0.000000360. The van der Waals surface area contributed by atoms with Crippen molar-refractivity contribution < 1.29 is 67.6 Å². The second-order valence-electron chi connectivity index (χ2n) is 6.87. The van der Waals surface area contributed by atoms with Gasteiger partial charge in [-0.15, -0.1) is 10.1 Å². The summed E-state index contributed by atoms with van der Waals surface area (Å²) >= 11 is 0. The molecular weight excluding hydrogens is 492 g/mol. The number of carbonyl (C=O) groups excluding carboxylic acids is 6. The molecule has 4 amide bonds. The summed E-state index contributed by atoms with van der Waals surface area (Å²) in [5.41, 5.74) is 0. The Hall–Kier alpha value is -3.02. The second-order valence-corrected chi connectivity index (χ2v) is 6.87. The van der Waals surface area contributed by atoms with Crippen LogP contribution in [0, 0.1) is 0 Å². The van der Waals surface area contributed by atoms with Crippen molar-refractivity contribution in [1.82, 2.24) is 10.1 Å². The average Bonchev–Trinajstić information content (AvgIpc) is 3.34. The number of amides is 4. The highest BCUT2D eigenvalue weighted by molar-refractivity contribution is 6.02. The fourth-order valence-corrected chi connectivity index (χ4v) is 2.45. The van der Waals surface area contributed by atoms with Gasteiger partial charge in [0.05, 0.1) is 52.9 Å². The number of aliphatic hydroxyl groups is 2. The van der Waals surface area contributed by atoms with Gasteiger partial charge < -0.3 is 38.8 Å². The summed E-state index contributed by atoms with van der Waals surface area (Å²) < 4.78 is 19.6. The van der Waals surface area contributed by atoms with E-state index in [4.69, 9.17) is 29.2 Å². The fourth-order valence-electron chi connectivity index (χ4n) is 2.45. The van der Waals surface area contributed by atoms with Gasteiger partial charge in [-0.1, -0.05) is 0 Å². The maximum Gasteiger partial charge on any atom is 0.358 e. The number of hydrogen-bond donors (Lipinski definition) is 2. The Morgan fingerprint density at radius 3 is 1.17 bits per heavy atom. The van der Waals surface area contributed by atoms with Crippen molar-refractivity contribution in [2.75, 3.05) is 66.1 Å². The van der Waals surface area contributed by atoms with Crippen molar-refractivity contribution in [2.24, 2.45) is 0 Å². The number of hydrogen-bond acceptors (Lipinski definition) is 14. The Kier molecular flexibility index (Phi) is 15.7. The van der Waals surface area contributed by atoms with Gasteiger partial charge >= 0.3 is 11.9 Å². The van der Waals surface area contributed by atoms with E-state index in [1.54, 1.807) is 0 Å². The number of hydroxylamine groups is 4. The van der Waals surface area contributed by atoms with Crippen LogP contribution in [0.1, 0.15) is 25.7 Å². The molecule has 0 aliphatic carbocycles. The fraction of sp³-hybridized carbons (Fsp3) is 0.700. The smallest absolute Gasteiger partial charge is 0.358 e. The molecule has 0 spiro atoms. The maximum absolute atomic E-state index is 11.2. The zero-order valence-corrected chi connectivity index (χ0v) is 19.6. The van der Waals surface area contributed by atoms with Crippen LogP contribution < -0.4 is 0 Å². The molecule has 16 heteroatoms. The first kappa shape index (κ1) is 31.0. The number of rotatable bonds is 16. The molecular formula is C20H30N2O14. The minimum atomic E-state index is -0.819. The molecule has 0 bridgehead atoms. The standard InChI is InChI=1S/2C10H15NO7/c2*12-3-4-16-5-6-17-7-10(15)18-11-8(13)1-2-9(11)14/h2*12H,1-7H2. The van der Waals surface area contributed by atoms with Crippen LogP contribution >= 0.6 is 0 Å². The van der Waals surface area contributed by atoms with E-state index in [9.17, 15) is 28.8 Å². The number of carbonyl (C=O) groups is 6. The lowest BCUT2D eigenvalue weighted by Gasteiger charge is -2.12. The highest BCUT2D eigenvalue weighted by Crippen LogP contribution is 2.12. The molecule has 0 aromatic rings. The number of imide groups is 2. The molecule has 0 radical (unpaired) electrons. The van der Waals surface area contributed by atoms with Gasteiger partial charge in [0.1, 0.15) is 13.2 Å². The Bertz CT molecular complexity index is 665. The van der Waals surface area contributed by atoms with Gasteiger partial charge in [0.15, 0.2) is 0 Å². The van der Waals surface area contributed by atoms with Crippen LogP contribution in [0.5, 0.6) is 0 Å². The SMILES string of the molecule is O=C(COCCOCCO)ON1C(=O)CCC1=O.O=C(COCCOCCO)ON1C(=O)CCC1=O. The molecule has 0 aromatic carbocycles. The summed E-state index contributed by atoms with van der Waals surface area (Å²) in [5, 5.41) is 17.8. The number of nitrogens with zero attached hydrogens (tertiary/aromatic N) is 2. The van der Waals surface area contributed by atoms with E-state index in [0.29, 0.717) is 10.1 Å². The van der Waals surface area contributed by atoms with Crippen LogP contribution in [0.15, 0.2) is 0 Å². The minimum absolute atomic E-state index is 0.0575.